The highest BCUT2D eigenvalue weighted by Crippen LogP contribution is 2.39. The Kier molecular flexibility index (Phi) is 3.96. The first kappa shape index (κ1) is 15.0. The number of hydrogen-bond donors (Lipinski definition) is 2. The van der Waals surface area contributed by atoms with Gasteiger partial charge in [-0.3, -0.25) is 9.59 Å². The zero-order chi connectivity index (χ0) is 16.4. The van der Waals surface area contributed by atoms with Gasteiger partial charge in [0, 0.05) is 5.69 Å². The van der Waals surface area contributed by atoms with Gasteiger partial charge in [0.15, 0.2) is 12.4 Å². The van der Waals surface area contributed by atoms with E-state index in [1.54, 1.807) is 31.2 Å². The highest BCUT2D eigenvalue weighted by molar-refractivity contribution is 5.98. The van der Waals surface area contributed by atoms with Gasteiger partial charge < -0.3 is 19.7 Å². The number of rotatable bonds is 6. The van der Waals surface area contributed by atoms with E-state index >= 15 is 0 Å². The molecule has 2 aromatic rings. The van der Waals surface area contributed by atoms with Crippen LogP contribution >= 0.6 is 0 Å². The van der Waals surface area contributed by atoms with Gasteiger partial charge in [-0.2, -0.15) is 4.98 Å². The van der Waals surface area contributed by atoms with Gasteiger partial charge in [-0.25, -0.2) is 0 Å². The molecule has 8 heteroatoms. The minimum absolute atomic E-state index is 0.162. The fourth-order valence-corrected chi connectivity index (χ4v) is 2.17. The van der Waals surface area contributed by atoms with Crippen LogP contribution in [0, 0.1) is 18.8 Å². The van der Waals surface area contributed by atoms with Crippen LogP contribution in [-0.2, 0) is 16.2 Å². The number of carboxylic acid groups (broad SMARTS) is 1. The maximum atomic E-state index is 11.9. The first-order chi connectivity index (χ1) is 11.0. The average Bonchev–Trinajstić information content (AvgIpc) is 3.23. The molecule has 2 atom stereocenters. The predicted octanol–water partition coefficient (Wildman–Crippen LogP) is 1.62. The van der Waals surface area contributed by atoms with Gasteiger partial charge in [-0.1, -0.05) is 5.16 Å². The Morgan fingerprint density at radius 2 is 2.09 bits per heavy atom. The molecule has 0 bridgehead atoms. The van der Waals surface area contributed by atoms with Crippen molar-refractivity contribution in [2.24, 2.45) is 11.8 Å². The summed E-state index contributed by atoms with van der Waals surface area (Å²) in [6, 6.07) is 6.76. The number of amides is 1. The van der Waals surface area contributed by atoms with E-state index in [1.165, 1.54) is 0 Å². The first-order valence-corrected chi connectivity index (χ1v) is 7.08. The molecule has 8 nitrogen and oxygen atoms in total. The maximum absolute atomic E-state index is 11.9. The number of carbonyl (C=O) groups is 2. The molecule has 0 aliphatic heterocycles. The van der Waals surface area contributed by atoms with Crippen molar-refractivity contribution in [1.82, 2.24) is 10.1 Å². The lowest BCUT2D eigenvalue weighted by atomic mass is 10.2. The third kappa shape index (κ3) is 3.65. The summed E-state index contributed by atoms with van der Waals surface area (Å²) >= 11 is 0. The number of carboxylic acids is 1. The molecule has 0 saturated heterocycles. The Bertz CT molecular complexity index is 725. The van der Waals surface area contributed by atoms with Gasteiger partial charge in [0.25, 0.3) is 5.89 Å². The Balaban J connectivity index is 1.51. The second-order valence-electron chi connectivity index (χ2n) is 5.32. The number of aliphatic carboxylic acids is 1. The lowest BCUT2D eigenvalue weighted by Crippen LogP contribution is -2.16. The van der Waals surface area contributed by atoms with E-state index in [4.69, 9.17) is 14.4 Å². The zero-order valence-corrected chi connectivity index (χ0v) is 12.4. The fraction of sp³-hybridized carbons (Fsp3) is 0.333. The summed E-state index contributed by atoms with van der Waals surface area (Å²) in [5, 5.41) is 15.2. The molecule has 1 aliphatic rings. The molecule has 1 aromatic heterocycles. The van der Waals surface area contributed by atoms with Crippen LogP contribution in [0.2, 0.25) is 0 Å². The Morgan fingerprint density at radius 1 is 1.35 bits per heavy atom. The second kappa shape index (κ2) is 6.07. The SMILES string of the molecule is Cc1noc(COc2ccc(NC(=O)C3CC3C(=O)O)cc2)n1. The van der Waals surface area contributed by atoms with Crippen molar-refractivity contribution < 1.29 is 24.0 Å². The lowest BCUT2D eigenvalue weighted by molar-refractivity contribution is -0.139. The number of ether oxygens (including phenoxy) is 1. The quantitative estimate of drug-likeness (QED) is 0.831. The molecule has 3 rings (SSSR count). The molecular formula is C15H15N3O5. The fourth-order valence-electron chi connectivity index (χ4n) is 2.17. The van der Waals surface area contributed by atoms with E-state index < -0.39 is 17.8 Å². The molecule has 1 aliphatic carbocycles. The number of aryl methyl sites for hydroxylation is 1. The zero-order valence-electron chi connectivity index (χ0n) is 12.4. The van der Waals surface area contributed by atoms with Crippen LogP contribution in [0.3, 0.4) is 0 Å². The van der Waals surface area contributed by atoms with Crippen molar-refractivity contribution in [3.63, 3.8) is 0 Å². The number of carbonyl (C=O) groups excluding carboxylic acids is 1. The Labute approximate surface area is 131 Å². The minimum Gasteiger partial charge on any atom is -0.484 e. The maximum Gasteiger partial charge on any atom is 0.307 e. The highest BCUT2D eigenvalue weighted by Gasteiger charge is 2.48. The first-order valence-electron chi connectivity index (χ1n) is 7.08. The molecule has 120 valence electrons. The number of aromatic nitrogens is 2. The molecule has 23 heavy (non-hydrogen) atoms. The minimum atomic E-state index is -0.926. The lowest BCUT2D eigenvalue weighted by Gasteiger charge is -2.06. The van der Waals surface area contributed by atoms with Crippen LogP contribution in [0.5, 0.6) is 5.75 Å². The van der Waals surface area contributed by atoms with E-state index in [0.29, 0.717) is 29.6 Å². The number of benzene rings is 1. The normalized spacial score (nSPS) is 19.2. The molecule has 1 saturated carbocycles. The number of nitrogens with one attached hydrogen (secondary N) is 1. The Morgan fingerprint density at radius 3 is 2.65 bits per heavy atom. The van der Waals surface area contributed by atoms with Crippen molar-refractivity contribution in [2.45, 2.75) is 20.0 Å². The molecule has 1 aromatic carbocycles. The van der Waals surface area contributed by atoms with Gasteiger partial charge in [-0.05, 0) is 37.6 Å². The largest absolute Gasteiger partial charge is 0.484 e. The van der Waals surface area contributed by atoms with Gasteiger partial charge in [0.2, 0.25) is 5.91 Å². The summed E-state index contributed by atoms with van der Waals surface area (Å²) < 4.78 is 10.4. The summed E-state index contributed by atoms with van der Waals surface area (Å²) in [5.74, 6) is -0.680. The average molecular weight is 317 g/mol. The number of anilines is 1. The molecule has 1 heterocycles. The molecule has 2 unspecified atom stereocenters. The van der Waals surface area contributed by atoms with E-state index in [2.05, 4.69) is 15.5 Å². The molecule has 1 fully saturated rings. The smallest absolute Gasteiger partial charge is 0.307 e. The molecule has 2 N–H and O–H groups in total. The molecular weight excluding hydrogens is 302 g/mol. The Hall–Kier alpha value is -2.90. The monoisotopic (exact) mass is 317 g/mol. The topological polar surface area (TPSA) is 115 Å². The summed E-state index contributed by atoms with van der Waals surface area (Å²) in [4.78, 5) is 26.6. The standard InChI is InChI=1S/C15H15N3O5/c1-8-16-13(23-18-8)7-22-10-4-2-9(3-5-10)17-14(19)11-6-12(11)15(20)21/h2-5,11-12H,6-7H2,1H3,(H,17,19)(H,20,21). The van der Waals surface area contributed by atoms with Crippen molar-refractivity contribution in [3.8, 4) is 5.75 Å². The van der Waals surface area contributed by atoms with Crippen molar-refractivity contribution >= 4 is 17.6 Å². The molecule has 0 spiro atoms. The van der Waals surface area contributed by atoms with Crippen LogP contribution in [0.15, 0.2) is 28.8 Å². The van der Waals surface area contributed by atoms with Crippen LogP contribution in [0.1, 0.15) is 18.1 Å². The van der Waals surface area contributed by atoms with Crippen LogP contribution in [0.25, 0.3) is 0 Å². The summed E-state index contributed by atoms with van der Waals surface area (Å²) in [7, 11) is 0. The second-order valence-corrected chi connectivity index (χ2v) is 5.32. The van der Waals surface area contributed by atoms with Crippen LogP contribution in [0.4, 0.5) is 5.69 Å². The summed E-state index contributed by atoms with van der Waals surface area (Å²) in [6.07, 6.45) is 0.395. The van der Waals surface area contributed by atoms with Gasteiger partial charge >= 0.3 is 5.97 Å². The predicted molar refractivity (Wildman–Crippen MR) is 77.7 cm³/mol. The molecule has 1 amide bonds. The summed E-state index contributed by atoms with van der Waals surface area (Å²) in [6.45, 7) is 1.88. The summed E-state index contributed by atoms with van der Waals surface area (Å²) in [5.41, 5.74) is 0.590. The third-order valence-corrected chi connectivity index (χ3v) is 3.50. The van der Waals surface area contributed by atoms with Gasteiger partial charge in [-0.15, -0.1) is 0 Å². The van der Waals surface area contributed by atoms with Gasteiger partial charge in [0.1, 0.15) is 5.75 Å². The number of nitrogens with zero attached hydrogens (tertiary/aromatic N) is 2. The van der Waals surface area contributed by atoms with E-state index in [0.717, 1.165) is 0 Å². The van der Waals surface area contributed by atoms with Crippen molar-refractivity contribution in [3.05, 3.63) is 36.0 Å². The van der Waals surface area contributed by atoms with E-state index in [-0.39, 0.29) is 12.5 Å². The van der Waals surface area contributed by atoms with Crippen molar-refractivity contribution in [1.29, 1.82) is 0 Å². The third-order valence-electron chi connectivity index (χ3n) is 3.50. The van der Waals surface area contributed by atoms with E-state index in [9.17, 15) is 9.59 Å². The van der Waals surface area contributed by atoms with Crippen molar-refractivity contribution in [2.75, 3.05) is 5.32 Å². The van der Waals surface area contributed by atoms with Gasteiger partial charge in [0.05, 0.1) is 11.8 Å². The van der Waals surface area contributed by atoms with Crippen LogP contribution < -0.4 is 10.1 Å². The van der Waals surface area contributed by atoms with E-state index in [1.807, 2.05) is 0 Å². The highest BCUT2D eigenvalue weighted by atomic mass is 16.5. The number of hydrogen-bond acceptors (Lipinski definition) is 6. The van der Waals surface area contributed by atoms with Crippen LogP contribution in [-0.4, -0.2) is 27.1 Å². The molecule has 0 radical (unpaired) electrons.